The third-order valence-electron chi connectivity index (χ3n) is 4.27. The van der Waals surface area contributed by atoms with Crippen LogP contribution in [0.4, 0.5) is 0 Å². The van der Waals surface area contributed by atoms with Gasteiger partial charge in [-0.05, 0) is 43.6 Å². The van der Waals surface area contributed by atoms with E-state index in [1.54, 1.807) is 13.3 Å². The Hall–Kier alpha value is -1.09. The summed E-state index contributed by atoms with van der Waals surface area (Å²) >= 11 is 0. The lowest BCUT2D eigenvalue weighted by Gasteiger charge is -2.33. The summed E-state index contributed by atoms with van der Waals surface area (Å²) in [6, 6.07) is 4.00. The highest BCUT2D eigenvalue weighted by molar-refractivity contribution is 5.26. The first-order valence-electron chi connectivity index (χ1n) is 7.40. The van der Waals surface area contributed by atoms with Crippen LogP contribution in [0.2, 0.25) is 0 Å². The Morgan fingerprint density at radius 3 is 3.00 bits per heavy atom. The van der Waals surface area contributed by atoms with Crippen molar-refractivity contribution in [2.45, 2.75) is 51.6 Å². The third-order valence-corrected chi connectivity index (χ3v) is 4.27. The third kappa shape index (κ3) is 3.69. The van der Waals surface area contributed by atoms with Crippen molar-refractivity contribution in [2.75, 3.05) is 7.11 Å². The summed E-state index contributed by atoms with van der Waals surface area (Å²) in [5.74, 6) is 1.83. The van der Waals surface area contributed by atoms with Gasteiger partial charge in [-0.3, -0.25) is 0 Å². The van der Waals surface area contributed by atoms with E-state index in [4.69, 9.17) is 4.74 Å². The summed E-state index contributed by atoms with van der Waals surface area (Å²) in [5.41, 5.74) is 1.12. The normalized spacial score (nSPS) is 27.2. The minimum absolute atomic E-state index is 0.169. The van der Waals surface area contributed by atoms with Crippen molar-refractivity contribution in [3.05, 3.63) is 23.9 Å². The molecular formula is C16H25NO2. The van der Waals surface area contributed by atoms with Gasteiger partial charge in [-0.1, -0.05) is 25.8 Å². The first kappa shape index (κ1) is 14.3. The number of aliphatic hydroxyl groups excluding tert-OH is 1. The van der Waals surface area contributed by atoms with Crippen molar-refractivity contribution in [3.8, 4) is 5.88 Å². The topological polar surface area (TPSA) is 42.4 Å². The van der Waals surface area contributed by atoms with E-state index in [0.29, 0.717) is 11.8 Å². The van der Waals surface area contributed by atoms with E-state index in [-0.39, 0.29) is 6.10 Å². The molecule has 0 spiro atoms. The molecule has 1 aromatic rings. The van der Waals surface area contributed by atoms with Crippen LogP contribution in [-0.2, 0) is 6.42 Å². The molecule has 1 fully saturated rings. The van der Waals surface area contributed by atoms with Crippen LogP contribution >= 0.6 is 0 Å². The molecule has 0 bridgehead atoms. The smallest absolute Gasteiger partial charge is 0.216 e. The highest BCUT2D eigenvalue weighted by Crippen LogP contribution is 2.35. The highest BCUT2D eigenvalue weighted by atomic mass is 16.5. The number of rotatable bonds is 5. The predicted molar refractivity (Wildman–Crippen MR) is 76.2 cm³/mol. The minimum atomic E-state index is -0.169. The summed E-state index contributed by atoms with van der Waals surface area (Å²) < 4.78 is 5.30. The van der Waals surface area contributed by atoms with Crippen LogP contribution in [0.15, 0.2) is 18.3 Å². The number of nitrogens with zero attached hydrogens (tertiary/aromatic N) is 1. The van der Waals surface area contributed by atoms with Crippen LogP contribution in [0.3, 0.4) is 0 Å². The van der Waals surface area contributed by atoms with E-state index in [9.17, 15) is 5.11 Å². The number of methoxy groups -OCH3 is 1. The maximum Gasteiger partial charge on any atom is 0.216 e. The van der Waals surface area contributed by atoms with Crippen molar-refractivity contribution in [3.63, 3.8) is 0 Å². The van der Waals surface area contributed by atoms with Crippen LogP contribution in [0.1, 0.15) is 44.6 Å². The first-order valence-corrected chi connectivity index (χ1v) is 7.40. The number of ether oxygens (including phenoxy) is 1. The van der Waals surface area contributed by atoms with Crippen molar-refractivity contribution >= 4 is 0 Å². The van der Waals surface area contributed by atoms with Gasteiger partial charge in [0.2, 0.25) is 5.88 Å². The Bertz CT molecular complexity index is 394. The molecular weight excluding hydrogens is 238 g/mol. The molecule has 0 saturated heterocycles. The summed E-state index contributed by atoms with van der Waals surface area (Å²) in [5, 5.41) is 10.2. The standard InChI is InChI=1S/C16H25NO2/c1-3-5-12-7-8-15(18)14(10-12)11-13-6-4-9-17-16(13)19-2/h4,6,9,12,14-15,18H,3,5,7-8,10-11H2,1-2H3. The zero-order valence-electron chi connectivity index (χ0n) is 12.0. The monoisotopic (exact) mass is 263 g/mol. The molecule has 3 unspecified atom stereocenters. The van der Waals surface area contributed by atoms with E-state index in [1.165, 1.54) is 19.3 Å². The maximum atomic E-state index is 10.2. The first-order chi connectivity index (χ1) is 9.24. The zero-order valence-corrected chi connectivity index (χ0v) is 12.0. The van der Waals surface area contributed by atoms with E-state index in [0.717, 1.165) is 30.7 Å². The molecule has 0 radical (unpaired) electrons. The van der Waals surface area contributed by atoms with Crippen molar-refractivity contribution in [1.29, 1.82) is 0 Å². The van der Waals surface area contributed by atoms with Crippen molar-refractivity contribution < 1.29 is 9.84 Å². The minimum Gasteiger partial charge on any atom is -0.481 e. The lowest BCUT2D eigenvalue weighted by atomic mass is 9.75. The van der Waals surface area contributed by atoms with Gasteiger partial charge in [-0.25, -0.2) is 4.98 Å². The Morgan fingerprint density at radius 1 is 1.42 bits per heavy atom. The molecule has 1 aliphatic rings. The van der Waals surface area contributed by atoms with Crippen LogP contribution in [0.5, 0.6) is 5.88 Å². The Kier molecular flexibility index (Phi) is 5.20. The second-order valence-corrected chi connectivity index (χ2v) is 5.67. The molecule has 106 valence electrons. The molecule has 1 aromatic heterocycles. The second-order valence-electron chi connectivity index (χ2n) is 5.67. The van der Waals surface area contributed by atoms with Crippen LogP contribution in [-0.4, -0.2) is 23.3 Å². The molecule has 0 aliphatic heterocycles. The van der Waals surface area contributed by atoms with Gasteiger partial charge in [0.15, 0.2) is 0 Å². The Balaban J connectivity index is 2.03. The van der Waals surface area contributed by atoms with Gasteiger partial charge >= 0.3 is 0 Å². The molecule has 19 heavy (non-hydrogen) atoms. The largest absolute Gasteiger partial charge is 0.481 e. The predicted octanol–water partition coefficient (Wildman–Crippen LogP) is 3.21. The SMILES string of the molecule is CCCC1CCC(O)C(Cc2cccnc2OC)C1. The van der Waals surface area contributed by atoms with Gasteiger partial charge in [0.1, 0.15) is 0 Å². The van der Waals surface area contributed by atoms with Crippen LogP contribution in [0.25, 0.3) is 0 Å². The van der Waals surface area contributed by atoms with Gasteiger partial charge in [-0.2, -0.15) is 0 Å². The van der Waals surface area contributed by atoms with E-state index >= 15 is 0 Å². The fourth-order valence-corrected chi connectivity index (χ4v) is 3.28. The highest BCUT2D eigenvalue weighted by Gasteiger charge is 2.29. The Labute approximate surface area is 116 Å². The van der Waals surface area contributed by atoms with Gasteiger partial charge in [-0.15, -0.1) is 0 Å². The van der Waals surface area contributed by atoms with E-state index < -0.39 is 0 Å². The summed E-state index contributed by atoms with van der Waals surface area (Å²) in [7, 11) is 1.66. The van der Waals surface area contributed by atoms with Crippen LogP contribution < -0.4 is 4.74 Å². The Morgan fingerprint density at radius 2 is 2.26 bits per heavy atom. The van der Waals surface area contributed by atoms with Gasteiger partial charge in [0, 0.05) is 11.8 Å². The molecule has 0 amide bonds. The molecule has 1 N–H and O–H groups in total. The van der Waals surface area contributed by atoms with Crippen molar-refractivity contribution in [2.24, 2.45) is 11.8 Å². The number of hydrogen-bond acceptors (Lipinski definition) is 3. The second kappa shape index (κ2) is 6.90. The summed E-state index contributed by atoms with van der Waals surface area (Å²) in [6.07, 6.45) is 8.23. The quantitative estimate of drug-likeness (QED) is 0.887. The van der Waals surface area contributed by atoms with Crippen molar-refractivity contribution in [1.82, 2.24) is 4.98 Å². The summed E-state index contributed by atoms with van der Waals surface area (Å²) in [4.78, 5) is 4.24. The molecule has 1 saturated carbocycles. The number of aromatic nitrogens is 1. The van der Waals surface area contributed by atoms with E-state index in [1.807, 2.05) is 6.07 Å². The number of aliphatic hydroxyl groups is 1. The lowest BCUT2D eigenvalue weighted by molar-refractivity contribution is 0.0459. The molecule has 3 heteroatoms. The van der Waals surface area contributed by atoms with Gasteiger partial charge < -0.3 is 9.84 Å². The molecule has 2 rings (SSSR count). The summed E-state index contributed by atoms with van der Waals surface area (Å²) in [6.45, 7) is 2.24. The molecule has 1 aliphatic carbocycles. The lowest BCUT2D eigenvalue weighted by Crippen LogP contribution is -2.30. The van der Waals surface area contributed by atoms with Crippen LogP contribution in [0, 0.1) is 11.8 Å². The van der Waals surface area contributed by atoms with Gasteiger partial charge in [0.25, 0.3) is 0 Å². The molecule has 1 heterocycles. The fourth-order valence-electron chi connectivity index (χ4n) is 3.28. The fraction of sp³-hybridized carbons (Fsp3) is 0.688. The molecule has 0 aromatic carbocycles. The number of pyridine rings is 1. The average Bonchev–Trinajstić information content (AvgIpc) is 2.43. The molecule has 3 atom stereocenters. The average molecular weight is 263 g/mol. The zero-order chi connectivity index (χ0) is 13.7. The maximum absolute atomic E-state index is 10.2. The number of hydrogen-bond donors (Lipinski definition) is 1. The van der Waals surface area contributed by atoms with Gasteiger partial charge in [0.05, 0.1) is 13.2 Å². The van der Waals surface area contributed by atoms with E-state index in [2.05, 4.69) is 18.0 Å². The molecule has 3 nitrogen and oxygen atoms in total.